The number of benzene rings is 1. The van der Waals surface area contributed by atoms with E-state index < -0.39 is 10.0 Å². The van der Waals surface area contributed by atoms with Gasteiger partial charge < -0.3 is 15.4 Å². The molecule has 2 fully saturated rings. The number of nitrogens with one attached hydrogen (secondary N) is 1. The van der Waals surface area contributed by atoms with Gasteiger partial charge in [0, 0.05) is 18.8 Å². The van der Waals surface area contributed by atoms with Crippen molar-refractivity contribution in [3.05, 3.63) is 24.3 Å². The Morgan fingerprint density at radius 2 is 1.66 bits per heavy atom. The van der Waals surface area contributed by atoms with E-state index >= 15 is 0 Å². The zero-order chi connectivity index (χ0) is 20.7. The van der Waals surface area contributed by atoms with Crippen LogP contribution in [0.25, 0.3) is 0 Å². The van der Waals surface area contributed by atoms with Crippen molar-refractivity contribution in [2.45, 2.75) is 68.8 Å². The summed E-state index contributed by atoms with van der Waals surface area (Å²) < 4.78 is 32.0. The molecule has 0 unspecified atom stereocenters. The number of hydrogen-bond donors (Lipinski definition) is 2. The van der Waals surface area contributed by atoms with Crippen LogP contribution in [0.1, 0.15) is 51.9 Å². The molecule has 1 aliphatic heterocycles. The number of carbonyl (C=O) groups excluding carboxylic acids is 1. The van der Waals surface area contributed by atoms with E-state index in [-0.39, 0.29) is 16.8 Å². The van der Waals surface area contributed by atoms with Gasteiger partial charge in [-0.05, 0) is 56.9 Å². The van der Waals surface area contributed by atoms with Gasteiger partial charge in [0.05, 0.1) is 24.2 Å². The lowest BCUT2D eigenvalue weighted by Gasteiger charge is -2.26. The first-order valence-corrected chi connectivity index (χ1v) is 12.2. The molecule has 3 N–H and O–H groups in total. The molecule has 0 radical (unpaired) electrons. The highest BCUT2D eigenvalue weighted by Crippen LogP contribution is 2.19. The predicted octanol–water partition coefficient (Wildman–Crippen LogP) is 1.71. The molecular weight excluding hydrogens is 390 g/mol. The standard InChI is InChI=1S/C21H33N3O4S/c1-17(22-18-7-5-3-2-4-6-8-18)21(25)23-19-9-11-20(12-10-19)29(26,27)24-13-15-28-16-14-24/h9-12,17-18,22H,2-8,13-16H2,1H3,(H,23,25)/p+1/t17-/m0/s1. The Morgan fingerprint density at radius 3 is 2.28 bits per heavy atom. The van der Waals surface area contributed by atoms with Gasteiger partial charge in [-0.15, -0.1) is 0 Å². The summed E-state index contributed by atoms with van der Waals surface area (Å²) in [6.07, 6.45) is 8.76. The van der Waals surface area contributed by atoms with Crippen molar-refractivity contribution in [1.82, 2.24) is 4.31 Å². The lowest BCUT2D eigenvalue weighted by Crippen LogP contribution is -2.96. The number of rotatable bonds is 6. The number of hydrogen-bond acceptors (Lipinski definition) is 4. The number of quaternary nitrogens is 1. The third kappa shape index (κ3) is 6.25. The number of nitrogens with two attached hydrogens (primary N) is 1. The average molecular weight is 425 g/mol. The van der Waals surface area contributed by atoms with Gasteiger partial charge in [-0.3, -0.25) is 4.79 Å². The second kappa shape index (κ2) is 10.5. The first-order chi connectivity index (χ1) is 14.0. The second-order valence-corrected chi connectivity index (χ2v) is 10.1. The lowest BCUT2D eigenvalue weighted by molar-refractivity contribution is -0.707. The number of ether oxygens (including phenoxy) is 1. The van der Waals surface area contributed by atoms with Crippen molar-refractivity contribution in [2.24, 2.45) is 0 Å². The summed E-state index contributed by atoms with van der Waals surface area (Å²) in [5.74, 6) is -0.0455. The van der Waals surface area contributed by atoms with E-state index in [4.69, 9.17) is 4.74 Å². The van der Waals surface area contributed by atoms with Gasteiger partial charge in [0.15, 0.2) is 6.04 Å². The zero-order valence-electron chi connectivity index (χ0n) is 17.3. The molecule has 29 heavy (non-hydrogen) atoms. The SMILES string of the molecule is C[C@H]([NH2+]C1CCCCCCC1)C(=O)Nc1ccc(S(=O)(=O)N2CCOCC2)cc1. The van der Waals surface area contributed by atoms with Crippen LogP contribution >= 0.6 is 0 Å². The summed E-state index contributed by atoms with van der Waals surface area (Å²) in [6.45, 7) is 3.52. The largest absolute Gasteiger partial charge is 0.379 e. The van der Waals surface area contributed by atoms with Gasteiger partial charge in [0.25, 0.3) is 5.91 Å². The summed E-state index contributed by atoms with van der Waals surface area (Å²) in [5.41, 5.74) is 0.619. The highest BCUT2D eigenvalue weighted by atomic mass is 32.2. The molecule has 3 rings (SSSR count). The maximum absolute atomic E-state index is 12.7. The van der Waals surface area contributed by atoms with E-state index in [1.54, 1.807) is 24.3 Å². The van der Waals surface area contributed by atoms with E-state index in [2.05, 4.69) is 10.6 Å². The van der Waals surface area contributed by atoms with Crippen LogP contribution in [0.4, 0.5) is 5.69 Å². The molecular formula is C21H34N3O4S+. The summed E-state index contributed by atoms with van der Waals surface area (Å²) in [7, 11) is -3.51. The molecule has 1 aliphatic carbocycles. The number of nitrogens with zero attached hydrogens (tertiary/aromatic N) is 1. The summed E-state index contributed by atoms with van der Waals surface area (Å²) in [5, 5.41) is 5.11. The summed E-state index contributed by atoms with van der Waals surface area (Å²) in [4.78, 5) is 12.8. The first kappa shape index (κ1) is 22.2. The maximum Gasteiger partial charge on any atom is 0.282 e. The molecule has 7 nitrogen and oxygen atoms in total. The van der Waals surface area contributed by atoms with Crippen LogP contribution in [-0.2, 0) is 19.6 Å². The Morgan fingerprint density at radius 1 is 1.07 bits per heavy atom. The molecule has 1 saturated carbocycles. The van der Waals surface area contributed by atoms with Gasteiger partial charge in [-0.1, -0.05) is 19.3 Å². The molecule has 1 aromatic carbocycles. The number of carbonyl (C=O) groups is 1. The number of anilines is 1. The fourth-order valence-electron chi connectivity index (χ4n) is 4.08. The van der Waals surface area contributed by atoms with Crippen LogP contribution in [0.5, 0.6) is 0 Å². The molecule has 0 bridgehead atoms. The molecule has 1 atom stereocenters. The molecule has 1 aromatic rings. The van der Waals surface area contributed by atoms with Gasteiger partial charge in [0.2, 0.25) is 10.0 Å². The van der Waals surface area contributed by atoms with Crippen molar-refractivity contribution in [3.8, 4) is 0 Å². The fourth-order valence-corrected chi connectivity index (χ4v) is 5.49. The minimum absolute atomic E-state index is 0.0455. The van der Waals surface area contributed by atoms with E-state index in [0.717, 1.165) is 0 Å². The fraction of sp³-hybridized carbons (Fsp3) is 0.667. The summed E-state index contributed by atoms with van der Waals surface area (Å²) >= 11 is 0. The minimum Gasteiger partial charge on any atom is -0.379 e. The van der Waals surface area contributed by atoms with Crippen LogP contribution in [0.3, 0.4) is 0 Å². The van der Waals surface area contributed by atoms with E-state index in [1.807, 2.05) is 6.92 Å². The molecule has 1 saturated heterocycles. The zero-order valence-corrected chi connectivity index (χ0v) is 18.1. The molecule has 162 valence electrons. The number of amides is 1. The second-order valence-electron chi connectivity index (χ2n) is 8.12. The van der Waals surface area contributed by atoms with Gasteiger partial charge in [-0.25, -0.2) is 8.42 Å². The minimum atomic E-state index is -3.51. The highest BCUT2D eigenvalue weighted by molar-refractivity contribution is 7.89. The number of morpholine rings is 1. The third-order valence-electron chi connectivity index (χ3n) is 5.85. The quantitative estimate of drug-likeness (QED) is 0.727. The van der Waals surface area contributed by atoms with Gasteiger partial charge >= 0.3 is 0 Å². The van der Waals surface area contributed by atoms with E-state index in [0.29, 0.717) is 38.0 Å². The van der Waals surface area contributed by atoms with Crippen molar-refractivity contribution in [1.29, 1.82) is 0 Å². The predicted molar refractivity (Wildman–Crippen MR) is 112 cm³/mol. The average Bonchev–Trinajstić information content (AvgIpc) is 2.71. The van der Waals surface area contributed by atoms with Gasteiger partial charge in [0.1, 0.15) is 0 Å². The molecule has 2 aliphatic rings. The normalized spacial score (nSPS) is 21.1. The number of sulfonamides is 1. The van der Waals surface area contributed by atoms with Crippen molar-refractivity contribution >= 4 is 21.6 Å². The van der Waals surface area contributed by atoms with Crippen LogP contribution in [0, 0.1) is 0 Å². The van der Waals surface area contributed by atoms with Crippen molar-refractivity contribution < 1.29 is 23.3 Å². The van der Waals surface area contributed by atoms with Crippen LogP contribution in [-0.4, -0.2) is 57.0 Å². The topological polar surface area (TPSA) is 92.3 Å². The Labute approximate surface area is 174 Å². The maximum atomic E-state index is 12.7. The molecule has 1 amide bonds. The molecule has 0 aromatic heterocycles. The lowest BCUT2D eigenvalue weighted by atomic mass is 9.96. The van der Waals surface area contributed by atoms with Crippen LogP contribution in [0.2, 0.25) is 0 Å². The molecule has 1 heterocycles. The Hall–Kier alpha value is -1.48. The van der Waals surface area contributed by atoms with Gasteiger partial charge in [-0.2, -0.15) is 4.31 Å². The summed E-state index contributed by atoms with van der Waals surface area (Å²) in [6, 6.07) is 6.78. The van der Waals surface area contributed by atoms with Crippen LogP contribution < -0.4 is 10.6 Å². The Kier molecular flexibility index (Phi) is 8.06. The smallest absolute Gasteiger partial charge is 0.282 e. The van der Waals surface area contributed by atoms with Crippen LogP contribution in [0.15, 0.2) is 29.2 Å². The van der Waals surface area contributed by atoms with Crippen molar-refractivity contribution in [2.75, 3.05) is 31.6 Å². The highest BCUT2D eigenvalue weighted by Gasteiger charge is 2.26. The van der Waals surface area contributed by atoms with E-state index in [9.17, 15) is 13.2 Å². The Balaban J connectivity index is 1.55. The third-order valence-corrected chi connectivity index (χ3v) is 7.77. The monoisotopic (exact) mass is 424 g/mol. The van der Waals surface area contributed by atoms with Crippen molar-refractivity contribution in [3.63, 3.8) is 0 Å². The first-order valence-electron chi connectivity index (χ1n) is 10.8. The molecule has 8 heteroatoms. The van der Waals surface area contributed by atoms with E-state index in [1.165, 1.54) is 49.3 Å². The molecule has 0 spiro atoms. The Bertz CT molecular complexity index is 753.